The number of halogens is 11. The molecule has 0 amide bonds. The molecule has 0 aromatic heterocycles. The highest BCUT2D eigenvalue weighted by Gasteiger charge is 2.33. The van der Waals surface area contributed by atoms with E-state index in [2.05, 4.69) is 170 Å². The first-order valence-electron chi connectivity index (χ1n) is 36.2. The fourth-order valence-corrected chi connectivity index (χ4v) is 15.0. The van der Waals surface area contributed by atoms with Crippen LogP contribution in [0.25, 0.3) is 0 Å². The normalized spacial score (nSPS) is 15.9. The Balaban J connectivity index is 0.000000241. The van der Waals surface area contributed by atoms with Gasteiger partial charge in [-0.15, -0.1) is 0 Å². The molecule has 0 radical (unpaired) electrons. The quantitative estimate of drug-likeness (QED) is 0.0310. The highest BCUT2D eigenvalue weighted by atomic mass is 79.9. The second kappa shape index (κ2) is 53.2. The first-order valence-corrected chi connectivity index (χ1v) is 44.3. The first-order chi connectivity index (χ1) is 55.1. The molecular formula is C78H94BBr8Cl2FN4O21. The van der Waals surface area contributed by atoms with Crippen LogP contribution in [0.5, 0.6) is 57.5 Å². The number of carbonyl (C=O) groups excluding carboxylic acids is 2. The van der Waals surface area contributed by atoms with Gasteiger partial charge in [-0.3, -0.25) is 0 Å². The van der Waals surface area contributed by atoms with E-state index in [0.717, 1.165) is 125 Å². The number of hydrogen-bond donors (Lipinski definition) is 5. The molecule has 6 aromatic carbocycles. The summed E-state index contributed by atoms with van der Waals surface area (Å²) >= 11 is 37.8. The Morgan fingerprint density at radius 3 is 1.32 bits per heavy atom. The second-order valence-corrected chi connectivity index (χ2v) is 32.2. The van der Waals surface area contributed by atoms with Crippen LogP contribution in [-0.2, 0) is 46.8 Å². The van der Waals surface area contributed by atoms with E-state index in [-0.39, 0.29) is 70.0 Å². The van der Waals surface area contributed by atoms with Crippen molar-refractivity contribution >= 4 is 199 Å². The number of hydrogen-bond acceptors (Lipinski definition) is 25. The van der Waals surface area contributed by atoms with Gasteiger partial charge in [0.15, 0.2) is 57.5 Å². The van der Waals surface area contributed by atoms with Crippen molar-refractivity contribution in [2.24, 2.45) is 31.8 Å². The lowest BCUT2D eigenvalue weighted by molar-refractivity contribution is 0.0512. The smallest absolute Gasteiger partial charge is 0.491 e. The number of alkyl halides is 3. The average molecular weight is 2160 g/mol. The van der Waals surface area contributed by atoms with Crippen LogP contribution in [-0.4, -0.2) is 198 Å². The molecule has 37 heteroatoms. The minimum absolute atomic E-state index is 0.00806. The van der Waals surface area contributed by atoms with Crippen LogP contribution < -0.4 is 43.4 Å². The molecule has 0 saturated heterocycles. The number of aliphatic imine (C=N–C) groups is 4. The van der Waals surface area contributed by atoms with Gasteiger partial charge in [0.1, 0.15) is 41.6 Å². The Kier molecular flexibility index (Phi) is 46.2. The SMILES string of the molecule is BrCCCBr.BrCc1ccc(Br)c2c1OCCCO2.CCOC(=O)c1ccc(Br)c(O)c1O.CCOC(=O)c1ccc(Br)c2c1OCCCO2.COC1=N[C@H](C(C)C)C(OC)=NC1.COC1=N[C@H](C(C)C)C(OC)=N[C@H]1Cc1ccc(Br)c2c1OCCCO2.OB(O)c1c(Cl)cc(F)cc1Cl.OCc1ccc(Br)c2c1OCCCO2. The molecule has 0 fully saturated rings. The Morgan fingerprint density at radius 2 is 0.904 bits per heavy atom. The van der Waals surface area contributed by atoms with E-state index in [9.17, 15) is 24.2 Å². The van der Waals surface area contributed by atoms with Gasteiger partial charge in [0.25, 0.3) is 0 Å². The molecule has 25 nitrogen and oxygen atoms in total. The fraction of sp³-hybridized carbons (Fsp3) is 0.462. The van der Waals surface area contributed by atoms with Gasteiger partial charge in [-0.25, -0.2) is 33.9 Å². The molecular weight excluding hydrogens is 2070 g/mol. The van der Waals surface area contributed by atoms with Crippen molar-refractivity contribution in [3.8, 4) is 57.5 Å². The molecule has 0 saturated carbocycles. The maximum atomic E-state index is 12.5. The molecule has 0 aliphatic carbocycles. The number of aromatic hydroxyl groups is 2. The highest BCUT2D eigenvalue weighted by molar-refractivity contribution is 9.11. The van der Waals surface area contributed by atoms with Gasteiger partial charge in [0.05, 0.1) is 123 Å². The second-order valence-electron chi connectivity index (χ2n) is 25.0. The molecule has 632 valence electrons. The van der Waals surface area contributed by atoms with Gasteiger partial charge in [-0.1, -0.05) is 117 Å². The largest absolute Gasteiger partial charge is 0.504 e. The molecule has 0 spiro atoms. The van der Waals surface area contributed by atoms with Crippen LogP contribution in [0, 0.1) is 17.7 Å². The number of aliphatic hydroxyl groups is 1. The van der Waals surface area contributed by atoms with Crippen molar-refractivity contribution < 1.29 is 106 Å². The molecule has 5 N–H and O–H groups in total. The Hall–Kier alpha value is -5.57. The van der Waals surface area contributed by atoms with Gasteiger partial charge < -0.3 is 91.7 Å². The van der Waals surface area contributed by atoms with Gasteiger partial charge >= 0.3 is 19.1 Å². The zero-order valence-electron chi connectivity index (χ0n) is 65.0. The number of methoxy groups -OCH3 is 4. The molecule has 6 aliphatic rings. The van der Waals surface area contributed by atoms with Crippen molar-refractivity contribution in [2.45, 2.75) is 110 Å². The number of phenolic OH excluding ortho intramolecular Hbond substituents is 2. The van der Waals surface area contributed by atoms with E-state index >= 15 is 0 Å². The van der Waals surface area contributed by atoms with Crippen molar-refractivity contribution in [1.29, 1.82) is 0 Å². The Morgan fingerprint density at radius 1 is 0.513 bits per heavy atom. The number of phenols is 2. The predicted molar refractivity (Wildman–Crippen MR) is 473 cm³/mol. The minimum atomic E-state index is -1.79. The third-order valence-corrected chi connectivity index (χ3v) is 21.6. The van der Waals surface area contributed by atoms with Crippen molar-refractivity contribution in [3.63, 3.8) is 0 Å². The zero-order valence-corrected chi connectivity index (χ0v) is 79.2. The summed E-state index contributed by atoms with van der Waals surface area (Å²) in [6.45, 7) is 17.9. The summed E-state index contributed by atoms with van der Waals surface area (Å²) in [6.07, 6.45) is 5.28. The van der Waals surface area contributed by atoms with Gasteiger partial charge in [0.2, 0.25) is 23.6 Å². The summed E-state index contributed by atoms with van der Waals surface area (Å²) in [5, 5.41) is 48.1. The third-order valence-electron chi connectivity index (χ3n) is 16.1. The zero-order chi connectivity index (χ0) is 84.8. The molecule has 6 aliphatic heterocycles. The van der Waals surface area contributed by atoms with Crippen LogP contribution in [0.1, 0.15) is 111 Å². The lowest BCUT2D eigenvalue weighted by Gasteiger charge is -2.27. The van der Waals surface area contributed by atoms with Crippen molar-refractivity contribution in [2.75, 3.05) is 112 Å². The number of aliphatic hydroxyl groups excluding tert-OH is 1. The summed E-state index contributed by atoms with van der Waals surface area (Å²) in [5.41, 5.74) is 3.19. The maximum absolute atomic E-state index is 12.5. The number of carbonyl (C=O) groups is 2. The predicted octanol–water partition coefficient (Wildman–Crippen LogP) is 18.2. The fourth-order valence-electron chi connectivity index (χ4n) is 10.5. The first kappa shape index (κ1) is 100. The molecule has 12 rings (SSSR count). The third kappa shape index (κ3) is 30.6. The van der Waals surface area contributed by atoms with Crippen molar-refractivity contribution in [3.05, 3.63) is 139 Å². The monoisotopic (exact) mass is 2150 g/mol. The van der Waals surface area contributed by atoms with E-state index in [1.54, 1.807) is 54.4 Å². The maximum Gasteiger partial charge on any atom is 0.491 e. The number of nitrogens with zero attached hydrogens (tertiary/aromatic N) is 4. The van der Waals surface area contributed by atoms with E-state index in [1.165, 1.54) is 18.6 Å². The number of esters is 2. The van der Waals surface area contributed by atoms with Crippen LogP contribution in [0.4, 0.5) is 4.39 Å². The van der Waals surface area contributed by atoms with E-state index in [4.69, 9.17) is 110 Å². The van der Waals surface area contributed by atoms with Crippen molar-refractivity contribution in [1.82, 2.24) is 0 Å². The van der Waals surface area contributed by atoms with Crippen LogP contribution in [0.15, 0.2) is 115 Å². The van der Waals surface area contributed by atoms with Crippen LogP contribution in [0.3, 0.4) is 0 Å². The van der Waals surface area contributed by atoms with E-state index < -0.39 is 24.7 Å². The van der Waals surface area contributed by atoms with Gasteiger partial charge in [-0.05, 0) is 166 Å². The summed E-state index contributed by atoms with van der Waals surface area (Å²) in [7, 11) is 4.73. The standard InChI is InChI=1S/C19H25BrN2O4.C12H13BrO4.C10H10Br2O2.C10H11BrO3.C9H9BrO4.C9H16N2O2.C6H4BCl2FO2.C3H6Br2/c1-11(2)15-19(24-4)21-14(18(22-15)23-3)10-12-6-7-13(20)17-16(12)25-8-5-9-26-17;1-2-15-12(14)8-4-5-9(13)11-10(8)16-6-3-7-17-11;11-6-7-2-3-8(12)10-9(7)13-4-1-5-14-10;11-8-3-2-7(6-12)9-10(8)14-5-1-4-13-9;1-2-14-9(13)5-3-4-6(10)8(12)7(5)11;1-6(2)8-9(13-4)10-5-7(11-8)12-3;8-4-1-3(10)2-5(9)6(4)7(11)12;4-2-1-3-5/h6-7,11,14-15H,5,8-10H2,1-4H3;4-5H,2-3,6-7H2,1H3;2-3H,1,4-6H2;2-3,12H,1,4-6H2;3-4,11-12H,2H2,1H3;6,8H,5H2,1-4H3;1-2,11-12H;1-3H2/t14-,15+;;;;;8-;;/m0....1../s1. The van der Waals surface area contributed by atoms with Crippen LogP contribution in [0.2, 0.25) is 10.0 Å². The lowest BCUT2D eigenvalue weighted by atomic mass is 9.80. The number of rotatable bonds is 13. The average Bonchev–Trinajstić information content (AvgIpc) is 1.60. The molecule has 6 aromatic rings. The number of fused-ring (bicyclic) bond motifs is 4. The number of ether oxygens (including phenoxy) is 14. The molecule has 0 bridgehead atoms. The number of benzene rings is 6. The summed E-state index contributed by atoms with van der Waals surface area (Å²) in [6, 6.07) is 19.6. The summed E-state index contributed by atoms with van der Waals surface area (Å²) in [5.74, 6) is 6.44. The molecule has 115 heavy (non-hydrogen) atoms. The summed E-state index contributed by atoms with van der Waals surface area (Å²) < 4.78 is 92.6. The molecule has 0 unspecified atom stereocenters. The van der Waals surface area contributed by atoms with Gasteiger partial charge in [0, 0.05) is 80.3 Å². The van der Waals surface area contributed by atoms with Crippen LogP contribution >= 0.6 is 151 Å². The topological polar surface area (TPSA) is 314 Å². The lowest BCUT2D eigenvalue weighted by Crippen LogP contribution is -2.38. The minimum Gasteiger partial charge on any atom is -0.504 e. The van der Waals surface area contributed by atoms with E-state index in [1.807, 2.05) is 36.4 Å². The molecule has 3 atom stereocenters. The van der Waals surface area contributed by atoms with E-state index in [0.29, 0.717) is 122 Å². The summed E-state index contributed by atoms with van der Waals surface area (Å²) in [4.78, 5) is 41.1. The van der Waals surface area contributed by atoms with Gasteiger partial charge in [-0.2, -0.15) is 0 Å². The Labute approximate surface area is 747 Å². The molecule has 6 heterocycles. The Bertz CT molecular complexity index is 4160. The highest BCUT2D eigenvalue weighted by Crippen LogP contribution is 2.45.